The van der Waals surface area contributed by atoms with Crippen molar-refractivity contribution in [2.45, 2.75) is 45.6 Å². The van der Waals surface area contributed by atoms with Crippen LogP contribution < -0.4 is 10.1 Å². The van der Waals surface area contributed by atoms with Crippen LogP contribution in [0.2, 0.25) is 0 Å². The summed E-state index contributed by atoms with van der Waals surface area (Å²) in [5.41, 5.74) is 2.55. The Kier molecular flexibility index (Phi) is 7.60. The highest BCUT2D eigenvalue weighted by Crippen LogP contribution is 2.25. The number of carbonyl (C=O) groups is 2. The van der Waals surface area contributed by atoms with E-state index >= 15 is 0 Å². The Balaban J connectivity index is 1.50. The molecule has 31 heavy (non-hydrogen) atoms. The molecule has 0 saturated heterocycles. The second-order valence-electron chi connectivity index (χ2n) is 7.64. The quantitative estimate of drug-likeness (QED) is 0.495. The Hall–Kier alpha value is -3.41. The Labute approximate surface area is 182 Å². The molecule has 0 aliphatic rings. The Morgan fingerprint density at radius 1 is 1.13 bits per heavy atom. The van der Waals surface area contributed by atoms with Gasteiger partial charge < -0.3 is 14.5 Å². The number of rotatable bonds is 10. The number of carbonyl (C=O) groups excluding carboxylic acids is 2. The highest BCUT2D eigenvalue weighted by molar-refractivity contribution is 5.98. The van der Waals surface area contributed by atoms with Crippen molar-refractivity contribution >= 4 is 11.7 Å². The molecule has 0 bridgehead atoms. The van der Waals surface area contributed by atoms with E-state index in [1.807, 2.05) is 49.4 Å². The lowest BCUT2D eigenvalue weighted by molar-refractivity contribution is -0.128. The van der Waals surface area contributed by atoms with Crippen LogP contribution in [0.25, 0.3) is 11.5 Å². The molecule has 6 nitrogen and oxygen atoms in total. The molecule has 1 heterocycles. The van der Waals surface area contributed by atoms with Gasteiger partial charge in [-0.2, -0.15) is 0 Å². The van der Waals surface area contributed by atoms with Gasteiger partial charge in [0.15, 0.2) is 0 Å². The molecule has 0 aliphatic heterocycles. The van der Waals surface area contributed by atoms with Gasteiger partial charge in [0, 0.05) is 11.6 Å². The van der Waals surface area contributed by atoms with E-state index in [4.69, 9.17) is 9.15 Å². The van der Waals surface area contributed by atoms with Crippen LogP contribution in [-0.2, 0) is 22.4 Å². The number of amides is 1. The van der Waals surface area contributed by atoms with Crippen LogP contribution in [0.3, 0.4) is 0 Å². The zero-order chi connectivity index (χ0) is 22.2. The van der Waals surface area contributed by atoms with Crippen LogP contribution in [0.15, 0.2) is 59.0 Å². The maximum Gasteiger partial charge on any atom is 0.227 e. The van der Waals surface area contributed by atoms with E-state index in [0.717, 1.165) is 18.4 Å². The average molecular weight is 421 g/mol. The Bertz CT molecular complexity index is 1030. The number of aromatic nitrogens is 1. The fraction of sp³-hybridized carbons (Fsp3) is 0.320. The maximum atomic E-state index is 12.4. The number of methoxy groups -OCH3 is 1. The number of ether oxygens (including phenoxy) is 1. The third-order valence-electron chi connectivity index (χ3n) is 5.05. The van der Waals surface area contributed by atoms with Crippen molar-refractivity contribution in [3.05, 3.63) is 71.6 Å². The summed E-state index contributed by atoms with van der Waals surface area (Å²) in [4.78, 5) is 29.1. The fourth-order valence-corrected chi connectivity index (χ4v) is 3.33. The second kappa shape index (κ2) is 10.6. The molecule has 0 saturated carbocycles. The van der Waals surface area contributed by atoms with E-state index in [2.05, 4.69) is 22.4 Å². The number of hydrogen-bond acceptors (Lipinski definition) is 5. The fourth-order valence-electron chi connectivity index (χ4n) is 3.33. The van der Waals surface area contributed by atoms with Gasteiger partial charge in [-0.1, -0.05) is 36.4 Å². The van der Waals surface area contributed by atoms with Gasteiger partial charge in [-0.25, -0.2) is 4.98 Å². The van der Waals surface area contributed by atoms with E-state index < -0.39 is 0 Å². The maximum absolute atomic E-state index is 12.4. The van der Waals surface area contributed by atoms with Crippen molar-refractivity contribution in [1.29, 1.82) is 0 Å². The van der Waals surface area contributed by atoms with Crippen LogP contribution >= 0.6 is 0 Å². The van der Waals surface area contributed by atoms with E-state index in [1.54, 1.807) is 14.0 Å². The molecule has 0 aliphatic carbocycles. The first-order valence-corrected chi connectivity index (χ1v) is 10.4. The van der Waals surface area contributed by atoms with E-state index in [-0.39, 0.29) is 30.6 Å². The van der Waals surface area contributed by atoms with Crippen LogP contribution in [0, 0.1) is 6.92 Å². The normalized spacial score (nSPS) is 11.7. The number of nitrogens with one attached hydrogen (secondary N) is 1. The summed E-state index contributed by atoms with van der Waals surface area (Å²) in [6.07, 6.45) is 1.58. The summed E-state index contributed by atoms with van der Waals surface area (Å²) >= 11 is 0. The van der Waals surface area contributed by atoms with Crippen LogP contribution in [0.4, 0.5) is 0 Å². The first-order chi connectivity index (χ1) is 14.9. The lowest BCUT2D eigenvalue weighted by Crippen LogP contribution is -2.34. The van der Waals surface area contributed by atoms with E-state index in [1.165, 1.54) is 5.56 Å². The third kappa shape index (κ3) is 6.54. The highest BCUT2D eigenvalue weighted by atomic mass is 16.5. The zero-order valence-corrected chi connectivity index (χ0v) is 18.2. The van der Waals surface area contributed by atoms with E-state index in [9.17, 15) is 9.59 Å². The molecule has 1 atom stereocenters. The average Bonchev–Trinajstić information content (AvgIpc) is 3.13. The predicted octanol–water partition coefficient (Wildman–Crippen LogP) is 4.30. The zero-order valence-electron chi connectivity index (χ0n) is 18.2. The molecule has 2 aromatic carbocycles. The number of benzene rings is 2. The second-order valence-corrected chi connectivity index (χ2v) is 7.64. The molecule has 0 spiro atoms. The van der Waals surface area contributed by atoms with Crippen molar-refractivity contribution < 1.29 is 18.7 Å². The number of oxazole rings is 1. The molecule has 6 heteroatoms. The summed E-state index contributed by atoms with van der Waals surface area (Å²) < 4.78 is 11.0. The molecule has 1 N–H and O–H groups in total. The van der Waals surface area contributed by atoms with Crippen molar-refractivity contribution in [3.8, 4) is 17.2 Å². The summed E-state index contributed by atoms with van der Waals surface area (Å²) in [7, 11) is 1.59. The number of ketones is 1. The standard InChI is InChI=1S/C25H28N2O4/c1-17(12-13-19-8-5-4-6-9-19)26-24(29)16-21(28)15-23-18(2)31-25(27-23)20-10-7-11-22(14-20)30-3/h4-11,14,17H,12-13,15-16H2,1-3H3,(H,26,29). The SMILES string of the molecule is COc1cccc(-c2nc(CC(=O)CC(=O)NC(C)CCc3ccccc3)c(C)o2)c1. The summed E-state index contributed by atoms with van der Waals surface area (Å²) in [6.45, 7) is 3.72. The molecule has 3 aromatic rings. The molecule has 1 unspecified atom stereocenters. The molecule has 3 rings (SSSR count). The van der Waals surface area contributed by atoms with Crippen LogP contribution in [0.1, 0.15) is 36.8 Å². The number of Topliss-reactive ketones (excluding diaryl/α,β-unsaturated/α-hetero) is 1. The number of nitrogens with zero attached hydrogens (tertiary/aromatic N) is 1. The topological polar surface area (TPSA) is 81.4 Å². The minimum absolute atomic E-state index is 0.00560. The first-order valence-electron chi connectivity index (χ1n) is 10.4. The number of hydrogen-bond donors (Lipinski definition) is 1. The van der Waals surface area contributed by atoms with Crippen molar-refractivity contribution in [2.24, 2.45) is 0 Å². The van der Waals surface area contributed by atoms with Crippen molar-refractivity contribution in [1.82, 2.24) is 10.3 Å². The minimum Gasteiger partial charge on any atom is -0.497 e. The lowest BCUT2D eigenvalue weighted by Gasteiger charge is -2.13. The highest BCUT2D eigenvalue weighted by Gasteiger charge is 2.18. The Morgan fingerprint density at radius 3 is 2.65 bits per heavy atom. The number of aryl methyl sites for hydroxylation is 2. The van der Waals surface area contributed by atoms with E-state index in [0.29, 0.717) is 23.1 Å². The molecule has 162 valence electrons. The largest absolute Gasteiger partial charge is 0.497 e. The predicted molar refractivity (Wildman–Crippen MR) is 119 cm³/mol. The monoisotopic (exact) mass is 420 g/mol. The van der Waals surface area contributed by atoms with Gasteiger partial charge in [-0.3, -0.25) is 9.59 Å². The van der Waals surface area contributed by atoms with Gasteiger partial charge in [0.25, 0.3) is 0 Å². The summed E-state index contributed by atoms with van der Waals surface area (Å²) in [6, 6.07) is 17.5. The first kappa shape index (κ1) is 22.3. The van der Waals surface area contributed by atoms with Gasteiger partial charge in [-0.05, 0) is 50.5 Å². The summed E-state index contributed by atoms with van der Waals surface area (Å²) in [5.74, 6) is 1.24. The Morgan fingerprint density at radius 2 is 1.90 bits per heavy atom. The van der Waals surface area contributed by atoms with Gasteiger partial charge in [0.05, 0.1) is 25.6 Å². The summed E-state index contributed by atoms with van der Waals surface area (Å²) in [5, 5.41) is 2.91. The van der Waals surface area contributed by atoms with Crippen molar-refractivity contribution in [3.63, 3.8) is 0 Å². The molecule has 1 amide bonds. The molecular weight excluding hydrogens is 392 g/mol. The minimum atomic E-state index is -0.264. The van der Waals surface area contributed by atoms with Gasteiger partial charge >= 0.3 is 0 Å². The smallest absolute Gasteiger partial charge is 0.227 e. The van der Waals surface area contributed by atoms with Gasteiger partial charge in [-0.15, -0.1) is 0 Å². The van der Waals surface area contributed by atoms with Gasteiger partial charge in [0.1, 0.15) is 17.3 Å². The van der Waals surface area contributed by atoms with Crippen molar-refractivity contribution in [2.75, 3.05) is 7.11 Å². The lowest BCUT2D eigenvalue weighted by atomic mass is 10.1. The van der Waals surface area contributed by atoms with Crippen LogP contribution in [-0.4, -0.2) is 29.8 Å². The molecule has 0 radical (unpaired) electrons. The van der Waals surface area contributed by atoms with Gasteiger partial charge in [0.2, 0.25) is 11.8 Å². The molecular formula is C25H28N2O4. The molecule has 0 fully saturated rings. The molecule has 1 aromatic heterocycles. The third-order valence-corrected chi connectivity index (χ3v) is 5.05. The van der Waals surface area contributed by atoms with Crippen LogP contribution in [0.5, 0.6) is 5.75 Å².